The summed E-state index contributed by atoms with van der Waals surface area (Å²) < 4.78 is 21.2. The number of rotatable bonds is 3. The molecule has 0 saturated carbocycles. The molecule has 4 nitrogen and oxygen atoms in total. The van der Waals surface area contributed by atoms with E-state index in [-0.39, 0.29) is 18.3 Å². The Morgan fingerprint density at radius 1 is 1.21 bits per heavy atom. The minimum absolute atomic E-state index is 0.183. The summed E-state index contributed by atoms with van der Waals surface area (Å²) >= 11 is 1.47. The third kappa shape index (κ3) is 3.38. The van der Waals surface area contributed by atoms with Gasteiger partial charge in [-0.3, -0.25) is 4.79 Å². The molecule has 0 bridgehead atoms. The number of fused-ring (bicyclic) bond motifs is 1. The zero-order valence-electron chi connectivity index (χ0n) is 13.7. The molecule has 0 fully saturated rings. The molecule has 0 aliphatic carbocycles. The third-order valence-electron chi connectivity index (χ3n) is 3.82. The maximum atomic E-state index is 12.8. The second-order valence-corrected chi connectivity index (χ2v) is 6.61. The molecule has 6 heteroatoms. The van der Waals surface area contributed by atoms with Gasteiger partial charge < -0.3 is 9.30 Å². The summed E-state index contributed by atoms with van der Waals surface area (Å²) in [6.07, 6.45) is 0. The maximum Gasteiger partial charge on any atom is 0.286 e. The van der Waals surface area contributed by atoms with E-state index < -0.39 is 0 Å². The van der Waals surface area contributed by atoms with Crippen LogP contribution in [0.25, 0.3) is 10.2 Å². The van der Waals surface area contributed by atoms with E-state index in [1.54, 1.807) is 0 Å². The Hall–Kier alpha value is -2.47. The Morgan fingerprint density at radius 2 is 1.88 bits per heavy atom. The van der Waals surface area contributed by atoms with Crippen molar-refractivity contribution in [2.75, 3.05) is 6.61 Å². The van der Waals surface area contributed by atoms with Crippen LogP contribution in [0.1, 0.15) is 11.1 Å². The second kappa shape index (κ2) is 6.57. The standard InChI is InChI=1S/C18H17FN2O2S/c1-11-8-15-16(9-12(11)2)24-18(21(15)3)20-17(22)10-23-14-6-4-13(19)5-7-14/h4-9H,10H2,1-3H3. The van der Waals surface area contributed by atoms with E-state index in [0.717, 1.165) is 10.2 Å². The average Bonchev–Trinajstić information content (AvgIpc) is 2.83. The molecule has 0 aliphatic heterocycles. The van der Waals surface area contributed by atoms with Crippen molar-refractivity contribution < 1.29 is 13.9 Å². The smallest absolute Gasteiger partial charge is 0.286 e. The van der Waals surface area contributed by atoms with Gasteiger partial charge in [-0.05, 0) is 61.4 Å². The molecule has 124 valence electrons. The lowest BCUT2D eigenvalue weighted by Gasteiger charge is -2.02. The number of hydrogen-bond donors (Lipinski definition) is 0. The molecule has 3 aromatic rings. The van der Waals surface area contributed by atoms with Crippen molar-refractivity contribution in [3.8, 4) is 5.75 Å². The third-order valence-corrected chi connectivity index (χ3v) is 4.92. The first-order valence-corrected chi connectivity index (χ1v) is 8.28. The lowest BCUT2D eigenvalue weighted by molar-refractivity contribution is -0.120. The first-order valence-electron chi connectivity index (χ1n) is 7.47. The van der Waals surface area contributed by atoms with Gasteiger partial charge in [0.05, 0.1) is 10.2 Å². The van der Waals surface area contributed by atoms with Crippen molar-refractivity contribution in [2.24, 2.45) is 12.0 Å². The zero-order chi connectivity index (χ0) is 17.3. The Kier molecular flexibility index (Phi) is 4.49. The largest absolute Gasteiger partial charge is 0.484 e. The molecule has 1 aromatic heterocycles. The number of carbonyl (C=O) groups is 1. The maximum absolute atomic E-state index is 12.8. The molecule has 0 unspecified atom stereocenters. The number of halogens is 1. The van der Waals surface area contributed by atoms with Crippen LogP contribution in [0.4, 0.5) is 4.39 Å². The summed E-state index contributed by atoms with van der Waals surface area (Å²) in [6, 6.07) is 9.73. The van der Waals surface area contributed by atoms with Crippen LogP contribution in [-0.4, -0.2) is 17.1 Å². The van der Waals surface area contributed by atoms with Gasteiger partial charge in [0, 0.05) is 7.05 Å². The number of carbonyl (C=O) groups excluding carboxylic acids is 1. The van der Waals surface area contributed by atoms with Crippen LogP contribution in [0.15, 0.2) is 41.4 Å². The Bertz CT molecular complexity index is 971. The minimum Gasteiger partial charge on any atom is -0.484 e. The molecule has 1 amide bonds. The van der Waals surface area contributed by atoms with E-state index in [1.165, 1.54) is 46.7 Å². The van der Waals surface area contributed by atoms with Gasteiger partial charge in [-0.2, -0.15) is 4.99 Å². The van der Waals surface area contributed by atoms with Crippen LogP contribution in [0, 0.1) is 19.7 Å². The fourth-order valence-corrected chi connectivity index (χ4v) is 3.42. The highest BCUT2D eigenvalue weighted by Crippen LogP contribution is 2.21. The van der Waals surface area contributed by atoms with Crippen LogP contribution in [0.3, 0.4) is 0 Å². The van der Waals surface area contributed by atoms with Gasteiger partial charge in [-0.25, -0.2) is 4.39 Å². The molecule has 0 atom stereocenters. The summed E-state index contributed by atoms with van der Waals surface area (Å²) in [7, 11) is 1.89. The van der Waals surface area contributed by atoms with Crippen LogP contribution in [0.2, 0.25) is 0 Å². The van der Waals surface area contributed by atoms with Crippen LogP contribution in [0.5, 0.6) is 5.75 Å². The van der Waals surface area contributed by atoms with Gasteiger partial charge in [-0.1, -0.05) is 11.3 Å². The topological polar surface area (TPSA) is 43.6 Å². The van der Waals surface area contributed by atoms with Crippen molar-refractivity contribution in [3.05, 3.63) is 58.1 Å². The van der Waals surface area contributed by atoms with Crippen LogP contribution in [-0.2, 0) is 11.8 Å². The number of benzene rings is 2. The molecule has 0 radical (unpaired) electrons. The number of ether oxygens (including phenoxy) is 1. The monoisotopic (exact) mass is 344 g/mol. The van der Waals surface area contributed by atoms with E-state index in [0.29, 0.717) is 10.6 Å². The molecular weight excluding hydrogens is 327 g/mol. The fourth-order valence-electron chi connectivity index (χ4n) is 2.30. The number of aryl methyl sites for hydroxylation is 3. The van der Waals surface area contributed by atoms with Gasteiger partial charge in [0.25, 0.3) is 5.91 Å². The summed E-state index contributed by atoms with van der Waals surface area (Å²) in [5.74, 6) is -0.289. The number of thiazole rings is 1. The zero-order valence-corrected chi connectivity index (χ0v) is 14.5. The summed E-state index contributed by atoms with van der Waals surface area (Å²) in [6.45, 7) is 3.94. The summed E-state index contributed by atoms with van der Waals surface area (Å²) in [5, 5.41) is 0. The predicted molar refractivity (Wildman–Crippen MR) is 92.7 cm³/mol. The van der Waals surface area contributed by atoms with Crippen molar-refractivity contribution in [1.29, 1.82) is 0 Å². The van der Waals surface area contributed by atoms with Gasteiger partial charge >= 0.3 is 0 Å². The normalized spacial score (nSPS) is 11.9. The van der Waals surface area contributed by atoms with Gasteiger partial charge in [0.2, 0.25) is 0 Å². The predicted octanol–water partition coefficient (Wildman–Crippen LogP) is 3.50. The van der Waals surface area contributed by atoms with Crippen LogP contribution < -0.4 is 9.54 Å². The quantitative estimate of drug-likeness (QED) is 0.730. The van der Waals surface area contributed by atoms with E-state index in [1.807, 2.05) is 11.6 Å². The molecule has 1 heterocycles. The average molecular weight is 344 g/mol. The van der Waals surface area contributed by atoms with Crippen molar-refractivity contribution >= 4 is 27.5 Å². The molecule has 0 saturated heterocycles. The molecule has 0 spiro atoms. The van der Waals surface area contributed by atoms with Crippen LogP contribution >= 0.6 is 11.3 Å². The van der Waals surface area contributed by atoms with E-state index in [2.05, 4.69) is 31.0 Å². The minimum atomic E-state index is -0.380. The highest BCUT2D eigenvalue weighted by Gasteiger charge is 2.07. The summed E-state index contributed by atoms with van der Waals surface area (Å²) in [4.78, 5) is 16.8. The first-order chi connectivity index (χ1) is 11.4. The van der Waals surface area contributed by atoms with Gasteiger partial charge in [-0.15, -0.1) is 0 Å². The number of hydrogen-bond acceptors (Lipinski definition) is 3. The molecule has 2 aromatic carbocycles. The number of aromatic nitrogens is 1. The Labute approximate surface area is 142 Å². The molecular formula is C18H17FN2O2S. The van der Waals surface area contributed by atoms with E-state index >= 15 is 0 Å². The highest BCUT2D eigenvalue weighted by atomic mass is 32.1. The SMILES string of the molecule is Cc1cc2sc(=NC(=O)COc3ccc(F)cc3)n(C)c2cc1C. The van der Waals surface area contributed by atoms with Gasteiger partial charge in [0.1, 0.15) is 11.6 Å². The fraction of sp³-hybridized carbons (Fsp3) is 0.222. The Balaban J connectivity index is 1.82. The molecule has 3 rings (SSSR count). The van der Waals surface area contributed by atoms with E-state index in [4.69, 9.17) is 4.74 Å². The lowest BCUT2D eigenvalue weighted by Crippen LogP contribution is -2.17. The lowest BCUT2D eigenvalue weighted by atomic mass is 10.1. The number of amides is 1. The van der Waals surface area contributed by atoms with Crippen molar-refractivity contribution in [2.45, 2.75) is 13.8 Å². The van der Waals surface area contributed by atoms with Crippen molar-refractivity contribution in [1.82, 2.24) is 4.57 Å². The molecule has 24 heavy (non-hydrogen) atoms. The number of nitrogens with zero attached hydrogens (tertiary/aromatic N) is 2. The second-order valence-electron chi connectivity index (χ2n) is 5.60. The molecule has 0 N–H and O–H groups in total. The van der Waals surface area contributed by atoms with E-state index in [9.17, 15) is 9.18 Å². The summed E-state index contributed by atoms with van der Waals surface area (Å²) in [5.41, 5.74) is 3.46. The molecule has 0 aliphatic rings. The Morgan fingerprint density at radius 3 is 2.58 bits per heavy atom. The van der Waals surface area contributed by atoms with Gasteiger partial charge in [0.15, 0.2) is 11.4 Å². The first kappa shape index (κ1) is 16.4. The van der Waals surface area contributed by atoms with Crippen molar-refractivity contribution in [3.63, 3.8) is 0 Å². The highest BCUT2D eigenvalue weighted by molar-refractivity contribution is 7.16.